The Morgan fingerprint density at radius 3 is 2.36 bits per heavy atom. The summed E-state index contributed by atoms with van der Waals surface area (Å²) in [5.74, 6) is 0.146. The maximum atomic E-state index is 12.4. The van der Waals surface area contributed by atoms with E-state index in [0.717, 1.165) is 0 Å². The second-order valence-corrected chi connectivity index (χ2v) is 4.23. The molecule has 2 rings (SSSR count). The van der Waals surface area contributed by atoms with Crippen LogP contribution in [0.15, 0.2) is 59.6 Å². The van der Waals surface area contributed by atoms with Gasteiger partial charge in [-0.05, 0) is 19.1 Å². The fraction of sp³-hybridized carbons (Fsp3) is 0.118. The van der Waals surface area contributed by atoms with Gasteiger partial charge < -0.3 is 4.74 Å². The number of ketones is 1. The van der Waals surface area contributed by atoms with E-state index in [1.54, 1.807) is 42.6 Å². The zero-order chi connectivity index (χ0) is 15.1. The van der Waals surface area contributed by atoms with Gasteiger partial charge in [0.15, 0.2) is 5.78 Å². The van der Waals surface area contributed by atoms with Crippen molar-refractivity contribution in [2.45, 2.75) is 6.92 Å². The normalized spacial score (nSPS) is 10.3. The second kappa shape index (κ2) is 8.60. The summed E-state index contributed by atoms with van der Waals surface area (Å²) in [5, 5.41) is 8.70. The van der Waals surface area contributed by atoms with Gasteiger partial charge in [0.2, 0.25) is 12.1 Å². The Labute approximate surface area is 135 Å². The lowest BCUT2D eigenvalue weighted by atomic mass is 10.0. The van der Waals surface area contributed by atoms with Crippen molar-refractivity contribution in [3.05, 3.63) is 71.3 Å². The van der Waals surface area contributed by atoms with Crippen LogP contribution in [-0.4, -0.2) is 18.3 Å². The van der Waals surface area contributed by atoms with E-state index in [4.69, 9.17) is 10.00 Å². The lowest BCUT2D eigenvalue weighted by Crippen LogP contribution is -2.08. The highest BCUT2D eigenvalue weighted by molar-refractivity contribution is 6.10. The van der Waals surface area contributed by atoms with Gasteiger partial charge in [-0.15, -0.1) is 17.4 Å². The monoisotopic (exact) mass is 314 g/mol. The number of nitrogens with zero attached hydrogens (tertiary/aromatic N) is 2. The van der Waals surface area contributed by atoms with Crippen LogP contribution in [0.1, 0.15) is 28.4 Å². The first-order chi connectivity index (χ1) is 10.3. The molecule has 0 heterocycles. The number of hydrogen-bond acceptors (Lipinski definition) is 4. The number of rotatable bonds is 4. The number of ether oxygens (including phenoxy) is 1. The number of carbonyl (C=O) groups is 1. The van der Waals surface area contributed by atoms with E-state index in [0.29, 0.717) is 23.3 Å². The molecule has 0 fully saturated rings. The molecule has 0 radical (unpaired) electrons. The average Bonchev–Trinajstić information content (AvgIpc) is 2.55. The summed E-state index contributed by atoms with van der Waals surface area (Å²) in [6, 6.07) is 15.9. The maximum Gasteiger partial charge on any atom is 0.231 e. The first kappa shape index (κ1) is 17.4. The van der Waals surface area contributed by atoms with Gasteiger partial charge in [0, 0.05) is 16.7 Å². The zero-order valence-electron chi connectivity index (χ0n) is 12.0. The van der Waals surface area contributed by atoms with E-state index in [1.807, 2.05) is 25.1 Å². The number of halogens is 1. The number of aliphatic imine (C=N–C) groups is 1. The lowest BCUT2D eigenvalue weighted by Gasteiger charge is -2.07. The van der Waals surface area contributed by atoms with Crippen LogP contribution in [-0.2, 0) is 4.74 Å². The molecule has 22 heavy (non-hydrogen) atoms. The summed E-state index contributed by atoms with van der Waals surface area (Å²) in [4.78, 5) is 16.0. The van der Waals surface area contributed by atoms with Gasteiger partial charge >= 0.3 is 0 Å². The summed E-state index contributed by atoms with van der Waals surface area (Å²) in [7, 11) is 0. The Kier molecular flexibility index (Phi) is 6.81. The number of benzene rings is 2. The highest BCUT2D eigenvalue weighted by Gasteiger charge is 2.11. The molecule has 0 spiro atoms. The molecule has 0 aromatic heterocycles. The third-order valence-corrected chi connectivity index (χ3v) is 2.84. The highest BCUT2D eigenvalue weighted by atomic mass is 35.5. The summed E-state index contributed by atoms with van der Waals surface area (Å²) in [6.45, 7) is 2.21. The lowest BCUT2D eigenvalue weighted by molar-refractivity contribution is 0.103. The Balaban J connectivity index is 0.00000242. The summed E-state index contributed by atoms with van der Waals surface area (Å²) < 4.78 is 5.33. The molecular formula is C17H15ClN2O2. The molecule has 5 heteroatoms. The smallest absolute Gasteiger partial charge is 0.231 e. The third kappa shape index (κ3) is 4.18. The van der Waals surface area contributed by atoms with Crippen molar-refractivity contribution in [1.82, 2.24) is 0 Å². The molecule has 0 atom stereocenters. The molecule has 0 saturated heterocycles. The van der Waals surface area contributed by atoms with Gasteiger partial charge in [-0.25, -0.2) is 0 Å². The molecule has 0 amide bonds. The van der Waals surface area contributed by atoms with Crippen LogP contribution >= 0.6 is 12.4 Å². The molecule has 0 unspecified atom stereocenters. The van der Waals surface area contributed by atoms with Crippen LogP contribution in [0, 0.1) is 11.5 Å². The topological polar surface area (TPSA) is 62.4 Å². The first-order valence-corrected chi connectivity index (χ1v) is 6.56. The van der Waals surface area contributed by atoms with Gasteiger partial charge in [0.25, 0.3) is 0 Å². The molecule has 2 aromatic rings. The minimum atomic E-state index is -0.0785. The van der Waals surface area contributed by atoms with Crippen LogP contribution in [0.5, 0.6) is 0 Å². The van der Waals surface area contributed by atoms with Crippen LogP contribution in [0.3, 0.4) is 0 Å². The molecule has 0 N–H and O–H groups in total. The molecule has 2 aromatic carbocycles. The Morgan fingerprint density at radius 2 is 1.73 bits per heavy atom. The van der Waals surface area contributed by atoms with Gasteiger partial charge in [-0.3, -0.25) is 4.79 Å². The Morgan fingerprint density at radius 1 is 1.09 bits per heavy atom. The van der Waals surface area contributed by atoms with Crippen molar-refractivity contribution in [1.29, 1.82) is 5.26 Å². The van der Waals surface area contributed by atoms with E-state index >= 15 is 0 Å². The van der Waals surface area contributed by atoms with Crippen molar-refractivity contribution < 1.29 is 9.53 Å². The van der Waals surface area contributed by atoms with Gasteiger partial charge in [-0.2, -0.15) is 5.26 Å². The molecule has 0 aliphatic rings. The molecule has 112 valence electrons. The molecule has 4 nitrogen and oxygen atoms in total. The number of carbonyl (C=O) groups excluding carboxylic acids is 1. The minimum Gasteiger partial charge on any atom is -0.477 e. The molecular weight excluding hydrogens is 300 g/mol. The minimum absolute atomic E-state index is 0. The summed E-state index contributed by atoms with van der Waals surface area (Å²) in [5.41, 5.74) is 1.76. The molecule has 0 saturated carbocycles. The van der Waals surface area contributed by atoms with E-state index in [2.05, 4.69) is 4.99 Å². The predicted octanol–water partition coefficient (Wildman–Crippen LogP) is 3.60. The van der Waals surface area contributed by atoms with E-state index < -0.39 is 0 Å². The van der Waals surface area contributed by atoms with E-state index in [9.17, 15) is 4.79 Å². The fourth-order valence-corrected chi connectivity index (χ4v) is 1.91. The van der Waals surface area contributed by atoms with Crippen LogP contribution in [0.25, 0.3) is 0 Å². The van der Waals surface area contributed by atoms with Crippen molar-refractivity contribution in [2.75, 3.05) is 6.61 Å². The predicted molar refractivity (Wildman–Crippen MR) is 87.3 cm³/mol. The fourth-order valence-electron chi connectivity index (χ4n) is 1.91. The quantitative estimate of drug-likeness (QED) is 0.375. The van der Waals surface area contributed by atoms with Gasteiger partial charge in [0.1, 0.15) is 0 Å². The van der Waals surface area contributed by atoms with Gasteiger partial charge in [-0.1, -0.05) is 42.5 Å². The van der Waals surface area contributed by atoms with Crippen molar-refractivity contribution in [2.24, 2.45) is 4.99 Å². The Hall–Kier alpha value is -2.64. The maximum absolute atomic E-state index is 12.4. The van der Waals surface area contributed by atoms with E-state index in [-0.39, 0.29) is 24.1 Å². The largest absolute Gasteiger partial charge is 0.477 e. The molecule has 0 bridgehead atoms. The average molecular weight is 315 g/mol. The zero-order valence-corrected chi connectivity index (χ0v) is 12.8. The van der Waals surface area contributed by atoms with Crippen LogP contribution < -0.4 is 0 Å². The van der Waals surface area contributed by atoms with Crippen LogP contribution in [0.4, 0.5) is 0 Å². The van der Waals surface area contributed by atoms with Crippen molar-refractivity contribution in [3.63, 3.8) is 0 Å². The van der Waals surface area contributed by atoms with Crippen molar-refractivity contribution in [3.8, 4) is 6.19 Å². The van der Waals surface area contributed by atoms with Crippen LogP contribution in [0.2, 0.25) is 0 Å². The molecule has 0 aliphatic heterocycles. The standard InChI is InChI=1S/C17H14N2O2.ClH/c1-2-21-17(19-12-18)15-10-6-9-14(11-15)16(20)13-7-4-3-5-8-13;/h3-11H,2H2,1H3;1H. The second-order valence-electron chi connectivity index (χ2n) is 4.23. The summed E-state index contributed by atoms with van der Waals surface area (Å²) in [6.07, 6.45) is 1.71. The Bertz CT molecular complexity index is 706. The number of nitriles is 1. The summed E-state index contributed by atoms with van der Waals surface area (Å²) >= 11 is 0. The van der Waals surface area contributed by atoms with Gasteiger partial charge in [0.05, 0.1) is 6.61 Å². The SMILES string of the molecule is CCOC(=NC#N)c1cccc(C(=O)c2ccccc2)c1.Cl. The van der Waals surface area contributed by atoms with E-state index in [1.165, 1.54) is 0 Å². The van der Waals surface area contributed by atoms with Crippen molar-refractivity contribution >= 4 is 24.1 Å². The molecule has 0 aliphatic carbocycles. The third-order valence-electron chi connectivity index (χ3n) is 2.84. The number of hydrogen-bond donors (Lipinski definition) is 0. The first-order valence-electron chi connectivity index (χ1n) is 6.56. The highest BCUT2D eigenvalue weighted by Crippen LogP contribution is 2.13.